The van der Waals surface area contributed by atoms with Crippen LogP contribution in [0.15, 0.2) is 29.3 Å². The molecule has 1 aromatic carbocycles. The van der Waals surface area contributed by atoms with Gasteiger partial charge in [0.05, 0.1) is 10.7 Å². The molecule has 1 aromatic rings. The van der Waals surface area contributed by atoms with Crippen LogP contribution in [-0.2, 0) is 0 Å². The maximum atomic E-state index is 6.10. The lowest BCUT2D eigenvalue weighted by atomic mass is 9.86. The normalized spacial score (nSPS) is 18.8. The molecule has 1 aliphatic rings. The molecule has 0 aliphatic heterocycles. The molecule has 16 heavy (non-hydrogen) atoms. The van der Waals surface area contributed by atoms with Gasteiger partial charge in [0.1, 0.15) is 0 Å². The van der Waals surface area contributed by atoms with Crippen LogP contribution in [0, 0.1) is 5.92 Å². The van der Waals surface area contributed by atoms with Gasteiger partial charge in [0.2, 0.25) is 0 Å². The molecule has 1 fully saturated rings. The number of para-hydroxylation sites is 1. The molecular weight excluding hydrogens is 218 g/mol. The fourth-order valence-electron chi connectivity index (χ4n) is 2.34. The van der Waals surface area contributed by atoms with Gasteiger partial charge in [-0.25, -0.2) is 0 Å². The highest BCUT2D eigenvalue weighted by Gasteiger charge is 2.16. The Balaban J connectivity index is 2.13. The van der Waals surface area contributed by atoms with Gasteiger partial charge in [-0.2, -0.15) is 0 Å². The van der Waals surface area contributed by atoms with Crippen LogP contribution in [0.25, 0.3) is 0 Å². The Labute approximate surface area is 103 Å². The van der Waals surface area contributed by atoms with Crippen molar-refractivity contribution in [1.29, 1.82) is 0 Å². The fraction of sp³-hybridized carbons (Fsp3) is 0.500. The third-order valence-corrected chi connectivity index (χ3v) is 3.66. The van der Waals surface area contributed by atoms with E-state index < -0.39 is 0 Å². The van der Waals surface area contributed by atoms with E-state index in [1.54, 1.807) is 0 Å². The van der Waals surface area contributed by atoms with E-state index in [0.29, 0.717) is 5.92 Å². The van der Waals surface area contributed by atoms with E-state index in [1.807, 2.05) is 24.3 Å². The molecule has 2 heteroatoms. The number of rotatable bonds is 2. The van der Waals surface area contributed by atoms with Gasteiger partial charge in [-0.1, -0.05) is 43.0 Å². The van der Waals surface area contributed by atoms with Crippen molar-refractivity contribution in [2.45, 2.75) is 39.0 Å². The molecule has 0 atom stereocenters. The van der Waals surface area contributed by atoms with Gasteiger partial charge in [0, 0.05) is 5.71 Å². The van der Waals surface area contributed by atoms with Crippen LogP contribution in [0.1, 0.15) is 39.0 Å². The zero-order chi connectivity index (χ0) is 11.4. The molecule has 1 saturated carbocycles. The maximum absolute atomic E-state index is 6.10. The second kappa shape index (κ2) is 5.49. The summed E-state index contributed by atoms with van der Waals surface area (Å²) in [7, 11) is 0. The third-order valence-electron chi connectivity index (χ3n) is 3.35. The highest BCUT2D eigenvalue weighted by Crippen LogP contribution is 2.29. The summed E-state index contributed by atoms with van der Waals surface area (Å²) in [4.78, 5) is 4.67. The molecule has 2 rings (SSSR count). The van der Waals surface area contributed by atoms with Crippen LogP contribution in [0.2, 0.25) is 5.02 Å². The van der Waals surface area contributed by atoms with Gasteiger partial charge in [0.25, 0.3) is 0 Å². The molecule has 0 heterocycles. The molecule has 0 amide bonds. The number of benzene rings is 1. The van der Waals surface area contributed by atoms with Crippen molar-refractivity contribution in [3.8, 4) is 0 Å². The summed E-state index contributed by atoms with van der Waals surface area (Å²) in [5.41, 5.74) is 2.15. The zero-order valence-electron chi connectivity index (χ0n) is 9.75. The minimum atomic E-state index is 0.671. The van der Waals surface area contributed by atoms with E-state index in [4.69, 9.17) is 11.6 Å². The first kappa shape index (κ1) is 11.7. The van der Waals surface area contributed by atoms with Crippen LogP contribution in [-0.4, -0.2) is 5.71 Å². The fourth-order valence-corrected chi connectivity index (χ4v) is 2.52. The predicted octanol–water partition coefficient (Wildman–Crippen LogP) is 5.01. The summed E-state index contributed by atoms with van der Waals surface area (Å²) >= 11 is 6.10. The predicted molar refractivity (Wildman–Crippen MR) is 70.8 cm³/mol. The van der Waals surface area contributed by atoms with Crippen molar-refractivity contribution in [1.82, 2.24) is 0 Å². The summed E-state index contributed by atoms with van der Waals surface area (Å²) in [5.74, 6) is 0.671. The van der Waals surface area contributed by atoms with Gasteiger partial charge in [-0.15, -0.1) is 0 Å². The summed E-state index contributed by atoms with van der Waals surface area (Å²) in [6.45, 7) is 2.14. The lowest BCUT2D eigenvalue weighted by Gasteiger charge is -2.21. The van der Waals surface area contributed by atoms with Crippen molar-refractivity contribution < 1.29 is 0 Å². The Bertz CT molecular complexity index is 378. The molecule has 0 spiro atoms. The van der Waals surface area contributed by atoms with Crippen molar-refractivity contribution >= 4 is 23.0 Å². The quantitative estimate of drug-likeness (QED) is 0.639. The second-order valence-electron chi connectivity index (χ2n) is 4.54. The van der Waals surface area contributed by atoms with Crippen LogP contribution in [0.3, 0.4) is 0 Å². The summed E-state index contributed by atoms with van der Waals surface area (Å²) in [6.07, 6.45) is 6.66. The minimum Gasteiger partial charge on any atom is -0.256 e. The van der Waals surface area contributed by atoms with Crippen molar-refractivity contribution in [3.05, 3.63) is 29.3 Å². The second-order valence-corrected chi connectivity index (χ2v) is 4.95. The molecule has 0 saturated heterocycles. The van der Waals surface area contributed by atoms with E-state index >= 15 is 0 Å². The SMILES string of the molecule is CC(=Nc1ccccc1Cl)C1CCCCC1. The average molecular weight is 236 g/mol. The van der Waals surface area contributed by atoms with E-state index in [2.05, 4.69) is 11.9 Å². The molecule has 86 valence electrons. The Morgan fingerprint density at radius 2 is 1.88 bits per heavy atom. The summed E-state index contributed by atoms with van der Waals surface area (Å²) < 4.78 is 0. The van der Waals surface area contributed by atoms with Gasteiger partial charge in [-0.05, 0) is 37.8 Å². The van der Waals surface area contributed by atoms with E-state index in [-0.39, 0.29) is 0 Å². The summed E-state index contributed by atoms with van der Waals surface area (Å²) in [5, 5.41) is 0.748. The van der Waals surface area contributed by atoms with E-state index in [9.17, 15) is 0 Å². The van der Waals surface area contributed by atoms with Crippen molar-refractivity contribution in [2.75, 3.05) is 0 Å². The molecule has 0 radical (unpaired) electrons. The Morgan fingerprint density at radius 3 is 2.56 bits per heavy atom. The van der Waals surface area contributed by atoms with Gasteiger partial charge in [0.15, 0.2) is 0 Å². The highest BCUT2D eigenvalue weighted by atomic mass is 35.5. The Hall–Kier alpha value is -0.820. The molecule has 1 nitrogen and oxygen atoms in total. The number of aliphatic imine (C=N–C) groups is 1. The van der Waals surface area contributed by atoms with Crippen LogP contribution in [0.5, 0.6) is 0 Å². The largest absolute Gasteiger partial charge is 0.256 e. The van der Waals surface area contributed by atoms with E-state index in [0.717, 1.165) is 10.7 Å². The Morgan fingerprint density at radius 1 is 1.19 bits per heavy atom. The number of hydrogen-bond donors (Lipinski definition) is 0. The van der Waals surface area contributed by atoms with Crippen LogP contribution >= 0.6 is 11.6 Å². The molecule has 0 unspecified atom stereocenters. The molecule has 0 aromatic heterocycles. The smallest absolute Gasteiger partial charge is 0.0815 e. The monoisotopic (exact) mass is 235 g/mol. The van der Waals surface area contributed by atoms with Gasteiger partial charge in [-0.3, -0.25) is 4.99 Å². The van der Waals surface area contributed by atoms with Crippen molar-refractivity contribution in [2.24, 2.45) is 10.9 Å². The highest BCUT2D eigenvalue weighted by molar-refractivity contribution is 6.33. The topological polar surface area (TPSA) is 12.4 Å². The number of halogens is 1. The summed E-state index contributed by atoms with van der Waals surface area (Å²) in [6, 6.07) is 7.80. The average Bonchev–Trinajstić information content (AvgIpc) is 2.33. The lowest BCUT2D eigenvalue weighted by molar-refractivity contribution is 0.438. The maximum Gasteiger partial charge on any atom is 0.0815 e. The first-order valence-corrected chi connectivity index (χ1v) is 6.45. The molecule has 0 N–H and O–H groups in total. The Kier molecular flexibility index (Phi) is 4.00. The lowest BCUT2D eigenvalue weighted by Crippen LogP contribution is -2.14. The number of hydrogen-bond acceptors (Lipinski definition) is 1. The van der Waals surface area contributed by atoms with Crippen LogP contribution in [0.4, 0.5) is 5.69 Å². The number of nitrogens with zero attached hydrogens (tertiary/aromatic N) is 1. The molecule has 0 bridgehead atoms. The third kappa shape index (κ3) is 2.85. The zero-order valence-corrected chi connectivity index (χ0v) is 10.5. The first-order valence-electron chi connectivity index (χ1n) is 6.07. The van der Waals surface area contributed by atoms with Gasteiger partial charge < -0.3 is 0 Å². The first-order chi connectivity index (χ1) is 7.77. The molecular formula is C14H18ClN. The van der Waals surface area contributed by atoms with Gasteiger partial charge >= 0.3 is 0 Å². The van der Waals surface area contributed by atoms with Crippen LogP contribution < -0.4 is 0 Å². The minimum absolute atomic E-state index is 0.671. The van der Waals surface area contributed by atoms with Crippen molar-refractivity contribution in [3.63, 3.8) is 0 Å². The molecule has 1 aliphatic carbocycles. The van der Waals surface area contributed by atoms with E-state index in [1.165, 1.54) is 37.8 Å². The standard InChI is InChI=1S/C14H18ClN/c1-11(12-7-3-2-4-8-12)16-14-10-6-5-9-13(14)15/h5-6,9-10,12H,2-4,7-8H2,1H3.